The second-order valence-corrected chi connectivity index (χ2v) is 4.80. The molecule has 2 heterocycles. The lowest BCUT2D eigenvalue weighted by Gasteiger charge is -2.08. The third-order valence-corrected chi connectivity index (χ3v) is 3.22. The maximum Gasteiger partial charge on any atom is 0.255 e. The van der Waals surface area contributed by atoms with Crippen LogP contribution in [0.4, 0.5) is 5.69 Å². The molecule has 3 rings (SSSR count). The van der Waals surface area contributed by atoms with Crippen LogP contribution in [-0.2, 0) is 0 Å². The Bertz CT molecular complexity index is 691. The Labute approximate surface area is 124 Å². The summed E-state index contributed by atoms with van der Waals surface area (Å²) in [5.74, 6) is 0.757. The van der Waals surface area contributed by atoms with Crippen molar-refractivity contribution >= 4 is 34.8 Å². The molecule has 1 aliphatic heterocycles. The number of hydrogen-bond donors (Lipinski definition) is 1. The Morgan fingerprint density at radius 1 is 1.20 bits per heavy atom. The van der Waals surface area contributed by atoms with Gasteiger partial charge in [-0.05, 0) is 12.1 Å². The topological polar surface area (TPSA) is 60.5 Å². The Hall–Kier alpha value is -1.98. The summed E-state index contributed by atoms with van der Waals surface area (Å²) in [6, 6.07) is 6.24. The lowest BCUT2D eigenvalue weighted by molar-refractivity contribution is 0.102. The van der Waals surface area contributed by atoms with E-state index in [1.807, 2.05) is 0 Å². The minimum atomic E-state index is -0.338. The number of anilines is 1. The highest BCUT2D eigenvalue weighted by atomic mass is 35.5. The van der Waals surface area contributed by atoms with Gasteiger partial charge in [0.2, 0.25) is 6.79 Å². The molecule has 0 saturated heterocycles. The molecule has 7 heteroatoms. The first-order chi connectivity index (χ1) is 9.63. The van der Waals surface area contributed by atoms with E-state index in [0.29, 0.717) is 27.8 Å². The van der Waals surface area contributed by atoms with Crippen LogP contribution >= 0.6 is 23.2 Å². The standard InChI is InChI=1S/C13H8Cl2N2O3/c14-8-4-10-11(20-6-19-10)5-9(8)17-13(18)7-1-2-16-12(15)3-7/h1-5H,6H2,(H,17,18). The number of aromatic nitrogens is 1. The highest BCUT2D eigenvalue weighted by molar-refractivity contribution is 6.34. The van der Waals surface area contributed by atoms with Gasteiger partial charge in [-0.15, -0.1) is 0 Å². The average molecular weight is 311 g/mol. The van der Waals surface area contributed by atoms with Crippen molar-refractivity contribution in [1.82, 2.24) is 4.98 Å². The monoisotopic (exact) mass is 310 g/mol. The van der Waals surface area contributed by atoms with Gasteiger partial charge in [0.15, 0.2) is 11.5 Å². The van der Waals surface area contributed by atoms with Crippen molar-refractivity contribution in [3.8, 4) is 11.5 Å². The molecular formula is C13H8Cl2N2O3. The van der Waals surface area contributed by atoms with E-state index in [1.54, 1.807) is 18.2 Å². The van der Waals surface area contributed by atoms with Crippen LogP contribution in [0.25, 0.3) is 0 Å². The number of pyridine rings is 1. The molecule has 0 radical (unpaired) electrons. The molecule has 1 amide bonds. The van der Waals surface area contributed by atoms with Crippen molar-refractivity contribution in [2.24, 2.45) is 0 Å². The largest absolute Gasteiger partial charge is 0.454 e. The number of carbonyl (C=O) groups excluding carboxylic acids is 1. The van der Waals surface area contributed by atoms with Gasteiger partial charge in [-0.2, -0.15) is 0 Å². The van der Waals surface area contributed by atoms with E-state index in [4.69, 9.17) is 32.7 Å². The van der Waals surface area contributed by atoms with Crippen molar-refractivity contribution in [3.63, 3.8) is 0 Å². The lowest BCUT2D eigenvalue weighted by Crippen LogP contribution is -2.12. The first kappa shape index (κ1) is 13.0. The molecule has 1 aliphatic rings. The van der Waals surface area contributed by atoms with Crippen molar-refractivity contribution in [3.05, 3.63) is 46.2 Å². The van der Waals surface area contributed by atoms with Crippen LogP contribution in [-0.4, -0.2) is 17.7 Å². The molecule has 0 bridgehead atoms. The molecule has 0 unspecified atom stereocenters. The van der Waals surface area contributed by atoms with E-state index in [1.165, 1.54) is 12.3 Å². The number of halogens is 2. The van der Waals surface area contributed by atoms with Crippen LogP contribution in [0.2, 0.25) is 10.2 Å². The molecule has 1 aromatic carbocycles. The average Bonchev–Trinajstić information content (AvgIpc) is 2.86. The Morgan fingerprint density at radius 2 is 1.95 bits per heavy atom. The Kier molecular flexibility index (Phi) is 3.38. The van der Waals surface area contributed by atoms with Crippen molar-refractivity contribution in [1.29, 1.82) is 0 Å². The summed E-state index contributed by atoms with van der Waals surface area (Å²) >= 11 is 11.8. The van der Waals surface area contributed by atoms with E-state index in [2.05, 4.69) is 10.3 Å². The summed E-state index contributed by atoms with van der Waals surface area (Å²) in [4.78, 5) is 15.9. The molecule has 0 fully saturated rings. The predicted molar refractivity (Wildman–Crippen MR) is 74.8 cm³/mol. The zero-order valence-electron chi connectivity index (χ0n) is 10.0. The maximum absolute atomic E-state index is 12.1. The number of carbonyl (C=O) groups is 1. The van der Waals surface area contributed by atoms with Gasteiger partial charge in [-0.3, -0.25) is 4.79 Å². The molecule has 20 heavy (non-hydrogen) atoms. The molecule has 2 aromatic rings. The highest BCUT2D eigenvalue weighted by Gasteiger charge is 2.18. The fourth-order valence-electron chi connectivity index (χ4n) is 1.75. The molecule has 0 saturated carbocycles. The fourth-order valence-corrected chi connectivity index (χ4v) is 2.13. The van der Waals surface area contributed by atoms with Gasteiger partial charge in [0, 0.05) is 23.9 Å². The first-order valence-corrected chi connectivity index (χ1v) is 6.41. The van der Waals surface area contributed by atoms with Gasteiger partial charge in [-0.1, -0.05) is 23.2 Å². The predicted octanol–water partition coefficient (Wildman–Crippen LogP) is 3.37. The van der Waals surface area contributed by atoms with Crippen molar-refractivity contribution in [2.75, 3.05) is 12.1 Å². The molecule has 5 nitrogen and oxygen atoms in total. The lowest BCUT2D eigenvalue weighted by atomic mass is 10.2. The molecule has 1 aromatic heterocycles. The fraction of sp³-hybridized carbons (Fsp3) is 0.0769. The molecule has 0 atom stereocenters. The number of rotatable bonds is 2. The number of ether oxygens (including phenoxy) is 2. The summed E-state index contributed by atoms with van der Waals surface area (Å²) < 4.78 is 10.4. The van der Waals surface area contributed by atoms with E-state index < -0.39 is 0 Å². The number of benzene rings is 1. The Morgan fingerprint density at radius 3 is 2.70 bits per heavy atom. The van der Waals surface area contributed by atoms with E-state index >= 15 is 0 Å². The van der Waals surface area contributed by atoms with E-state index in [-0.39, 0.29) is 17.9 Å². The normalized spacial score (nSPS) is 12.3. The van der Waals surface area contributed by atoms with E-state index in [0.717, 1.165) is 0 Å². The smallest absolute Gasteiger partial charge is 0.255 e. The van der Waals surface area contributed by atoms with Crippen LogP contribution in [0.3, 0.4) is 0 Å². The van der Waals surface area contributed by atoms with Gasteiger partial charge in [0.1, 0.15) is 5.15 Å². The van der Waals surface area contributed by atoms with Gasteiger partial charge in [0.05, 0.1) is 10.7 Å². The van der Waals surface area contributed by atoms with Gasteiger partial charge in [0.25, 0.3) is 5.91 Å². The molecular weight excluding hydrogens is 303 g/mol. The molecule has 1 N–H and O–H groups in total. The van der Waals surface area contributed by atoms with Gasteiger partial charge in [-0.25, -0.2) is 4.98 Å². The van der Waals surface area contributed by atoms with Gasteiger partial charge >= 0.3 is 0 Å². The summed E-state index contributed by atoms with van der Waals surface area (Å²) in [5, 5.41) is 3.30. The summed E-state index contributed by atoms with van der Waals surface area (Å²) in [6.07, 6.45) is 1.46. The molecule has 0 spiro atoms. The van der Waals surface area contributed by atoms with Crippen LogP contribution in [0, 0.1) is 0 Å². The van der Waals surface area contributed by atoms with Crippen LogP contribution in [0.1, 0.15) is 10.4 Å². The number of hydrogen-bond acceptors (Lipinski definition) is 4. The SMILES string of the molecule is O=C(Nc1cc2c(cc1Cl)OCO2)c1ccnc(Cl)c1. The second-order valence-electron chi connectivity index (χ2n) is 4.01. The third kappa shape index (κ3) is 2.50. The molecule has 102 valence electrons. The number of nitrogens with zero attached hydrogens (tertiary/aromatic N) is 1. The zero-order chi connectivity index (χ0) is 14.1. The second kappa shape index (κ2) is 5.19. The quantitative estimate of drug-likeness (QED) is 0.864. The maximum atomic E-state index is 12.1. The zero-order valence-corrected chi connectivity index (χ0v) is 11.5. The van der Waals surface area contributed by atoms with Crippen LogP contribution < -0.4 is 14.8 Å². The molecule has 0 aliphatic carbocycles. The summed E-state index contributed by atoms with van der Waals surface area (Å²) in [6.45, 7) is 0.142. The Balaban J connectivity index is 1.86. The third-order valence-electron chi connectivity index (χ3n) is 2.70. The van der Waals surface area contributed by atoms with E-state index in [9.17, 15) is 4.79 Å². The number of fused-ring (bicyclic) bond motifs is 1. The minimum Gasteiger partial charge on any atom is -0.454 e. The van der Waals surface area contributed by atoms with Crippen molar-refractivity contribution in [2.45, 2.75) is 0 Å². The van der Waals surface area contributed by atoms with Crippen LogP contribution in [0.5, 0.6) is 11.5 Å². The summed E-state index contributed by atoms with van der Waals surface area (Å²) in [5.41, 5.74) is 0.826. The first-order valence-electron chi connectivity index (χ1n) is 5.65. The van der Waals surface area contributed by atoms with Gasteiger partial charge < -0.3 is 14.8 Å². The number of nitrogens with one attached hydrogen (secondary N) is 1. The highest BCUT2D eigenvalue weighted by Crippen LogP contribution is 2.39. The number of amides is 1. The minimum absolute atomic E-state index is 0.142. The van der Waals surface area contributed by atoms with Crippen molar-refractivity contribution < 1.29 is 14.3 Å². The van der Waals surface area contributed by atoms with Crippen LogP contribution in [0.15, 0.2) is 30.5 Å². The summed E-state index contributed by atoms with van der Waals surface area (Å²) in [7, 11) is 0.